The molecule has 0 saturated heterocycles. The molecule has 5 nitrogen and oxygen atoms in total. The van der Waals surface area contributed by atoms with Gasteiger partial charge >= 0.3 is 0 Å². The topological polar surface area (TPSA) is 63.2 Å². The Balaban J connectivity index is 1.70. The Morgan fingerprint density at radius 2 is 2.25 bits per heavy atom. The van der Waals surface area contributed by atoms with Crippen molar-refractivity contribution in [2.75, 3.05) is 17.2 Å². The molecule has 0 bridgehead atoms. The van der Waals surface area contributed by atoms with E-state index in [9.17, 15) is 4.79 Å². The molecule has 0 spiro atoms. The number of hydrogen-bond donors (Lipinski definition) is 2. The fourth-order valence-corrected chi connectivity index (χ4v) is 2.11. The zero-order valence-electron chi connectivity index (χ0n) is 11.1. The maximum absolute atomic E-state index is 12.2. The van der Waals surface area contributed by atoms with E-state index < -0.39 is 6.10 Å². The van der Waals surface area contributed by atoms with Gasteiger partial charge in [0.15, 0.2) is 6.10 Å². The quantitative estimate of drug-likeness (QED) is 0.877. The molecule has 1 unspecified atom stereocenters. The van der Waals surface area contributed by atoms with Crippen molar-refractivity contribution in [1.82, 2.24) is 4.98 Å². The van der Waals surface area contributed by atoms with Crippen LogP contribution >= 0.6 is 0 Å². The first-order valence-electron chi connectivity index (χ1n) is 6.44. The molecule has 1 aliphatic heterocycles. The number of fused-ring (bicyclic) bond motifs is 1. The molecule has 1 aliphatic rings. The summed E-state index contributed by atoms with van der Waals surface area (Å²) >= 11 is 0. The minimum Gasteiger partial charge on any atom is -0.477 e. The molecule has 0 aliphatic carbocycles. The van der Waals surface area contributed by atoms with E-state index in [1.165, 1.54) is 0 Å². The number of nitrogens with one attached hydrogen (secondary N) is 2. The first-order valence-corrected chi connectivity index (χ1v) is 6.44. The Morgan fingerprint density at radius 1 is 1.40 bits per heavy atom. The van der Waals surface area contributed by atoms with E-state index in [4.69, 9.17) is 4.74 Å². The van der Waals surface area contributed by atoms with Gasteiger partial charge in [0.1, 0.15) is 5.75 Å². The second kappa shape index (κ2) is 5.21. The van der Waals surface area contributed by atoms with Crippen LogP contribution in [0.15, 0.2) is 42.7 Å². The number of nitrogens with zero attached hydrogens (tertiary/aromatic N) is 1. The van der Waals surface area contributed by atoms with Crippen LogP contribution in [0.3, 0.4) is 0 Å². The van der Waals surface area contributed by atoms with Crippen LogP contribution in [0.25, 0.3) is 0 Å². The van der Waals surface area contributed by atoms with Crippen LogP contribution in [-0.4, -0.2) is 23.5 Å². The molecule has 2 aromatic rings. The number of aryl methyl sites for hydroxylation is 1. The van der Waals surface area contributed by atoms with Crippen molar-refractivity contribution < 1.29 is 9.53 Å². The molecule has 0 radical (unpaired) electrons. The van der Waals surface area contributed by atoms with Gasteiger partial charge in [-0.05, 0) is 30.7 Å². The first kappa shape index (κ1) is 12.5. The normalized spacial score (nSPS) is 16.6. The van der Waals surface area contributed by atoms with E-state index in [1.54, 1.807) is 12.4 Å². The van der Waals surface area contributed by atoms with E-state index >= 15 is 0 Å². The molecule has 2 N–H and O–H groups in total. The lowest BCUT2D eigenvalue weighted by Crippen LogP contribution is -2.41. The maximum atomic E-state index is 12.2. The van der Waals surface area contributed by atoms with Crippen LogP contribution in [0.4, 0.5) is 11.4 Å². The summed E-state index contributed by atoms with van der Waals surface area (Å²) in [4.78, 5) is 16.2. The molecule has 102 valence electrons. The van der Waals surface area contributed by atoms with E-state index in [2.05, 4.69) is 15.6 Å². The molecule has 1 amide bonds. The number of aromatic nitrogens is 1. The number of benzene rings is 1. The average Bonchev–Trinajstić information content (AvgIpc) is 2.47. The maximum Gasteiger partial charge on any atom is 0.267 e. The molecule has 1 aromatic carbocycles. The van der Waals surface area contributed by atoms with E-state index in [0.29, 0.717) is 18.0 Å². The van der Waals surface area contributed by atoms with E-state index in [0.717, 1.165) is 11.3 Å². The van der Waals surface area contributed by atoms with Gasteiger partial charge in [-0.25, -0.2) is 0 Å². The summed E-state index contributed by atoms with van der Waals surface area (Å²) in [5.74, 6) is 0.515. The van der Waals surface area contributed by atoms with Crippen LogP contribution in [0, 0.1) is 6.92 Å². The summed E-state index contributed by atoms with van der Waals surface area (Å²) in [6.45, 7) is 2.37. The van der Waals surface area contributed by atoms with Crippen molar-refractivity contribution in [3.05, 3.63) is 48.3 Å². The molecule has 0 fully saturated rings. The summed E-state index contributed by atoms with van der Waals surface area (Å²) in [7, 11) is 0. The third-order valence-electron chi connectivity index (χ3n) is 3.07. The highest BCUT2D eigenvalue weighted by atomic mass is 16.5. The number of ether oxygens (including phenoxy) is 1. The first-order chi connectivity index (χ1) is 9.72. The largest absolute Gasteiger partial charge is 0.477 e. The number of hydrogen-bond acceptors (Lipinski definition) is 4. The minimum absolute atomic E-state index is 0.181. The van der Waals surface area contributed by atoms with Crippen molar-refractivity contribution in [1.29, 1.82) is 0 Å². The zero-order valence-corrected chi connectivity index (χ0v) is 11.1. The third-order valence-corrected chi connectivity index (χ3v) is 3.07. The predicted molar refractivity (Wildman–Crippen MR) is 77.0 cm³/mol. The van der Waals surface area contributed by atoms with Gasteiger partial charge in [0.2, 0.25) is 0 Å². The van der Waals surface area contributed by atoms with Crippen LogP contribution in [0.1, 0.15) is 5.56 Å². The summed E-state index contributed by atoms with van der Waals surface area (Å²) in [5, 5.41) is 6.01. The number of rotatable bonds is 2. The van der Waals surface area contributed by atoms with Gasteiger partial charge < -0.3 is 15.4 Å². The van der Waals surface area contributed by atoms with Crippen LogP contribution in [-0.2, 0) is 4.79 Å². The molecule has 5 heteroatoms. The van der Waals surface area contributed by atoms with Crippen LogP contribution in [0.2, 0.25) is 0 Å². The number of anilines is 2. The van der Waals surface area contributed by atoms with Gasteiger partial charge in [0, 0.05) is 6.20 Å². The Labute approximate surface area is 117 Å². The van der Waals surface area contributed by atoms with Gasteiger partial charge in [-0.1, -0.05) is 12.1 Å². The lowest BCUT2D eigenvalue weighted by atomic mass is 10.2. The summed E-state index contributed by atoms with van der Waals surface area (Å²) < 4.78 is 5.70. The monoisotopic (exact) mass is 269 g/mol. The highest BCUT2D eigenvalue weighted by molar-refractivity contribution is 5.95. The zero-order chi connectivity index (χ0) is 13.9. The predicted octanol–water partition coefficient (Wildman–Crippen LogP) is 2.20. The number of pyridine rings is 1. The second-order valence-electron chi connectivity index (χ2n) is 4.72. The summed E-state index contributed by atoms with van der Waals surface area (Å²) in [6, 6.07) is 9.44. The highest BCUT2D eigenvalue weighted by Gasteiger charge is 2.25. The van der Waals surface area contributed by atoms with Gasteiger partial charge in [0.25, 0.3) is 5.91 Å². The molecule has 20 heavy (non-hydrogen) atoms. The van der Waals surface area contributed by atoms with E-state index in [-0.39, 0.29) is 5.91 Å². The Kier molecular flexibility index (Phi) is 3.25. The molecule has 3 rings (SSSR count). The van der Waals surface area contributed by atoms with Crippen molar-refractivity contribution in [2.45, 2.75) is 13.0 Å². The average molecular weight is 269 g/mol. The molecule has 1 aromatic heterocycles. The fraction of sp³-hybridized carbons (Fsp3) is 0.200. The van der Waals surface area contributed by atoms with Crippen molar-refractivity contribution in [2.24, 2.45) is 0 Å². The Morgan fingerprint density at radius 3 is 3.10 bits per heavy atom. The van der Waals surface area contributed by atoms with Gasteiger partial charge in [0.05, 0.1) is 24.1 Å². The lowest BCUT2D eigenvalue weighted by Gasteiger charge is -2.26. The van der Waals surface area contributed by atoms with E-state index in [1.807, 2.05) is 37.3 Å². The van der Waals surface area contributed by atoms with Gasteiger partial charge in [-0.3, -0.25) is 9.78 Å². The van der Waals surface area contributed by atoms with Crippen LogP contribution in [0.5, 0.6) is 5.75 Å². The molecule has 2 heterocycles. The van der Waals surface area contributed by atoms with Crippen molar-refractivity contribution in [3.8, 4) is 5.75 Å². The smallest absolute Gasteiger partial charge is 0.267 e. The summed E-state index contributed by atoms with van der Waals surface area (Å²) in [6.07, 6.45) is 2.81. The number of carbonyl (C=O) groups is 1. The number of para-hydroxylation sites is 2. The Bertz CT molecular complexity index is 643. The third kappa shape index (κ3) is 2.56. The fourth-order valence-electron chi connectivity index (χ4n) is 2.11. The molecular weight excluding hydrogens is 254 g/mol. The molecule has 1 atom stereocenters. The molecular formula is C15H15N3O2. The standard InChI is InChI=1S/C15H15N3O2/c1-10-6-11(8-16-7-10)18-15(19)14-9-17-12-4-2-3-5-13(12)20-14/h2-8,14,17H,9H2,1H3,(H,18,19). The number of amides is 1. The Hall–Kier alpha value is -2.56. The van der Waals surface area contributed by atoms with Crippen molar-refractivity contribution >= 4 is 17.3 Å². The molecule has 0 saturated carbocycles. The SMILES string of the molecule is Cc1cncc(NC(=O)C2CNc3ccccc3O2)c1. The minimum atomic E-state index is -0.551. The lowest BCUT2D eigenvalue weighted by molar-refractivity contribution is -0.122. The van der Waals surface area contributed by atoms with Crippen LogP contribution < -0.4 is 15.4 Å². The van der Waals surface area contributed by atoms with Gasteiger partial charge in [-0.15, -0.1) is 0 Å². The highest BCUT2D eigenvalue weighted by Crippen LogP contribution is 2.28. The van der Waals surface area contributed by atoms with Crippen molar-refractivity contribution in [3.63, 3.8) is 0 Å². The van der Waals surface area contributed by atoms with Gasteiger partial charge in [-0.2, -0.15) is 0 Å². The second-order valence-corrected chi connectivity index (χ2v) is 4.72. The summed E-state index contributed by atoms with van der Waals surface area (Å²) in [5.41, 5.74) is 2.59. The number of carbonyl (C=O) groups excluding carboxylic acids is 1.